The molecule has 0 fully saturated rings. The van der Waals surface area contributed by atoms with Gasteiger partial charge in [-0.1, -0.05) is 6.08 Å². The van der Waals surface area contributed by atoms with Gasteiger partial charge in [-0.05, 0) is 0 Å². The van der Waals surface area contributed by atoms with E-state index < -0.39 is 10.4 Å². The lowest BCUT2D eigenvalue weighted by molar-refractivity contribution is 0.103. The summed E-state index contributed by atoms with van der Waals surface area (Å²) in [5, 5.41) is 8.79. The minimum atomic E-state index is -4.40. The van der Waals surface area contributed by atoms with E-state index in [-0.39, 0.29) is 19.8 Å². The SMILES string of the molecule is C=CCOCCN(CCO)CCOS(=O)(=O)O. The van der Waals surface area contributed by atoms with E-state index in [4.69, 9.17) is 14.4 Å². The Hall–Kier alpha value is -0.510. The second-order valence-corrected chi connectivity index (χ2v) is 4.27. The van der Waals surface area contributed by atoms with Crippen LogP contribution in [0.5, 0.6) is 0 Å². The molecule has 0 atom stereocenters. The van der Waals surface area contributed by atoms with E-state index in [1.54, 1.807) is 11.0 Å². The van der Waals surface area contributed by atoms with Gasteiger partial charge in [0.1, 0.15) is 0 Å². The number of aliphatic hydroxyl groups is 1. The number of rotatable bonds is 11. The fourth-order valence-electron chi connectivity index (χ4n) is 1.11. The van der Waals surface area contributed by atoms with Crippen LogP contribution in [0.25, 0.3) is 0 Å². The van der Waals surface area contributed by atoms with Gasteiger partial charge in [-0.25, -0.2) is 4.18 Å². The van der Waals surface area contributed by atoms with E-state index in [9.17, 15) is 8.42 Å². The molecule has 0 aromatic heterocycles. The van der Waals surface area contributed by atoms with Crippen molar-refractivity contribution in [3.05, 3.63) is 12.7 Å². The van der Waals surface area contributed by atoms with E-state index in [1.807, 2.05) is 0 Å². The summed E-state index contributed by atoms with van der Waals surface area (Å²) < 4.78 is 38.3. The highest BCUT2D eigenvalue weighted by molar-refractivity contribution is 7.80. The maximum absolute atomic E-state index is 10.3. The average Bonchev–Trinajstić information content (AvgIpc) is 2.22. The van der Waals surface area contributed by atoms with Gasteiger partial charge in [0.05, 0.1) is 26.4 Å². The first-order valence-electron chi connectivity index (χ1n) is 5.13. The second-order valence-electron chi connectivity index (χ2n) is 3.18. The topological polar surface area (TPSA) is 96.3 Å². The highest BCUT2D eigenvalue weighted by atomic mass is 32.3. The van der Waals surface area contributed by atoms with E-state index in [1.165, 1.54) is 0 Å². The van der Waals surface area contributed by atoms with Crippen molar-refractivity contribution >= 4 is 10.4 Å². The lowest BCUT2D eigenvalue weighted by Gasteiger charge is -2.20. The summed E-state index contributed by atoms with van der Waals surface area (Å²) in [6, 6.07) is 0. The molecule has 0 heterocycles. The molecule has 0 bridgehead atoms. The third-order valence-corrected chi connectivity index (χ3v) is 2.31. The summed E-state index contributed by atoms with van der Waals surface area (Å²) in [6.07, 6.45) is 1.62. The lowest BCUT2D eigenvalue weighted by atomic mass is 10.4. The van der Waals surface area contributed by atoms with Crippen LogP contribution in [0.2, 0.25) is 0 Å². The van der Waals surface area contributed by atoms with E-state index in [2.05, 4.69) is 10.8 Å². The van der Waals surface area contributed by atoms with Crippen LogP contribution in [0.3, 0.4) is 0 Å². The molecule has 0 aromatic carbocycles. The highest BCUT2D eigenvalue weighted by Gasteiger charge is 2.08. The summed E-state index contributed by atoms with van der Waals surface area (Å²) in [6.45, 7) is 5.35. The number of hydrogen-bond acceptors (Lipinski definition) is 6. The Morgan fingerprint density at radius 2 is 1.88 bits per heavy atom. The van der Waals surface area contributed by atoms with Gasteiger partial charge in [0, 0.05) is 19.6 Å². The smallest absolute Gasteiger partial charge is 0.395 e. The molecule has 0 rings (SSSR count). The number of nitrogens with zero attached hydrogens (tertiary/aromatic N) is 1. The number of ether oxygens (including phenoxy) is 1. The zero-order valence-corrected chi connectivity index (χ0v) is 10.4. The van der Waals surface area contributed by atoms with Crippen LogP contribution in [0.15, 0.2) is 12.7 Å². The molecule has 0 unspecified atom stereocenters. The minimum Gasteiger partial charge on any atom is -0.395 e. The Morgan fingerprint density at radius 1 is 1.24 bits per heavy atom. The first-order chi connectivity index (χ1) is 7.99. The molecule has 0 radical (unpaired) electrons. The van der Waals surface area contributed by atoms with Crippen LogP contribution in [0, 0.1) is 0 Å². The minimum absolute atomic E-state index is 0.0483. The molecular formula is C9H19NO6S. The molecule has 0 saturated heterocycles. The Bertz CT molecular complexity index is 292. The van der Waals surface area contributed by atoms with Gasteiger partial charge in [-0.15, -0.1) is 6.58 Å². The molecule has 2 N–H and O–H groups in total. The van der Waals surface area contributed by atoms with E-state index in [0.717, 1.165) is 0 Å². The second kappa shape index (κ2) is 9.51. The third-order valence-electron chi connectivity index (χ3n) is 1.84. The van der Waals surface area contributed by atoms with Crippen molar-refractivity contribution in [2.75, 3.05) is 46.1 Å². The molecular weight excluding hydrogens is 250 g/mol. The number of aliphatic hydroxyl groups excluding tert-OH is 1. The Balaban J connectivity index is 3.77. The van der Waals surface area contributed by atoms with Crippen molar-refractivity contribution in [3.8, 4) is 0 Å². The van der Waals surface area contributed by atoms with Crippen LogP contribution in [0.4, 0.5) is 0 Å². The molecule has 102 valence electrons. The zero-order chi connectivity index (χ0) is 13.1. The van der Waals surface area contributed by atoms with Crippen LogP contribution in [0.1, 0.15) is 0 Å². The van der Waals surface area contributed by atoms with Crippen molar-refractivity contribution in [2.24, 2.45) is 0 Å². The highest BCUT2D eigenvalue weighted by Crippen LogP contribution is 1.92. The maximum atomic E-state index is 10.3. The predicted molar refractivity (Wildman–Crippen MR) is 62.0 cm³/mol. The van der Waals surface area contributed by atoms with Crippen LogP contribution < -0.4 is 0 Å². The van der Waals surface area contributed by atoms with E-state index >= 15 is 0 Å². The first kappa shape index (κ1) is 16.5. The molecule has 0 aliphatic carbocycles. The van der Waals surface area contributed by atoms with Gasteiger partial charge in [0.15, 0.2) is 0 Å². The Kier molecular flexibility index (Phi) is 9.23. The fourth-order valence-corrected chi connectivity index (χ4v) is 1.39. The van der Waals surface area contributed by atoms with Crippen molar-refractivity contribution in [3.63, 3.8) is 0 Å². The molecule has 0 spiro atoms. The van der Waals surface area contributed by atoms with Gasteiger partial charge < -0.3 is 9.84 Å². The van der Waals surface area contributed by atoms with Crippen LogP contribution in [-0.4, -0.2) is 69.0 Å². The van der Waals surface area contributed by atoms with Gasteiger partial charge in [0.2, 0.25) is 0 Å². The van der Waals surface area contributed by atoms with E-state index in [0.29, 0.717) is 26.3 Å². The standard InChI is InChI=1S/C9H19NO6S/c1-2-7-15-8-4-10(3-6-11)5-9-16-17(12,13)14/h2,11H,1,3-9H2,(H,12,13,14). The largest absolute Gasteiger partial charge is 0.397 e. The van der Waals surface area contributed by atoms with Gasteiger partial charge in [-0.3, -0.25) is 9.45 Å². The quantitative estimate of drug-likeness (QED) is 0.291. The average molecular weight is 269 g/mol. The molecule has 0 aromatic rings. The monoisotopic (exact) mass is 269 g/mol. The maximum Gasteiger partial charge on any atom is 0.397 e. The van der Waals surface area contributed by atoms with Crippen LogP contribution >= 0.6 is 0 Å². The number of hydrogen-bond donors (Lipinski definition) is 2. The molecule has 8 heteroatoms. The van der Waals surface area contributed by atoms with Crippen molar-refractivity contribution in [2.45, 2.75) is 0 Å². The summed E-state index contributed by atoms with van der Waals surface area (Å²) in [7, 11) is -4.40. The van der Waals surface area contributed by atoms with Crippen molar-refractivity contribution in [1.29, 1.82) is 0 Å². The molecule has 0 aliphatic heterocycles. The van der Waals surface area contributed by atoms with Crippen molar-refractivity contribution < 1.29 is 27.0 Å². The summed E-state index contributed by atoms with van der Waals surface area (Å²) in [5.74, 6) is 0. The Morgan fingerprint density at radius 3 is 2.41 bits per heavy atom. The first-order valence-corrected chi connectivity index (χ1v) is 6.50. The van der Waals surface area contributed by atoms with Gasteiger partial charge in [-0.2, -0.15) is 8.42 Å². The Labute approximate surface area is 102 Å². The zero-order valence-electron chi connectivity index (χ0n) is 9.62. The summed E-state index contributed by atoms with van der Waals surface area (Å²) in [5.41, 5.74) is 0. The molecule has 0 aliphatic rings. The predicted octanol–water partition coefficient (Wildman–Crippen LogP) is -0.697. The normalized spacial score (nSPS) is 11.9. The summed E-state index contributed by atoms with van der Waals surface area (Å²) >= 11 is 0. The van der Waals surface area contributed by atoms with Gasteiger partial charge >= 0.3 is 10.4 Å². The third kappa shape index (κ3) is 11.7. The molecule has 17 heavy (non-hydrogen) atoms. The summed E-state index contributed by atoms with van der Waals surface area (Å²) in [4.78, 5) is 1.76. The molecule has 7 nitrogen and oxygen atoms in total. The molecule has 0 amide bonds. The van der Waals surface area contributed by atoms with Crippen molar-refractivity contribution in [1.82, 2.24) is 4.90 Å². The molecule has 0 saturated carbocycles. The van der Waals surface area contributed by atoms with Crippen LogP contribution in [-0.2, 0) is 19.3 Å². The lowest BCUT2D eigenvalue weighted by Crippen LogP contribution is -2.34. The van der Waals surface area contributed by atoms with Gasteiger partial charge in [0.25, 0.3) is 0 Å². The fraction of sp³-hybridized carbons (Fsp3) is 0.778.